The van der Waals surface area contributed by atoms with Gasteiger partial charge < -0.3 is 4.57 Å². The van der Waals surface area contributed by atoms with E-state index in [2.05, 4.69) is 4.72 Å². The Morgan fingerprint density at radius 3 is 2.62 bits per heavy atom. The monoisotopic (exact) mass is 306 g/mol. The summed E-state index contributed by atoms with van der Waals surface area (Å²) in [6.07, 6.45) is 1.76. The first-order chi connectivity index (χ1) is 9.82. The average molecular weight is 306 g/mol. The maximum atomic E-state index is 11.6. The zero-order valence-corrected chi connectivity index (χ0v) is 13.1. The molecule has 6 heteroatoms. The number of hydrogen-bond donors (Lipinski definition) is 1. The minimum absolute atomic E-state index is 0.0239. The van der Waals surface area contributed by atoms with Crippen molar-refractivity contribution >= 4 is 15.7 Å². The van der Waals surface area contributed by atoms with Crippen LogP contribution in [0.5, 0.6) is 0 Å². The average Bonchev–Trinajstić information content (AvgIpc) is 2.42. The quantitative estimate of drug-likeness (QED) is 0.941. The maximum Gasteiger partial charge on any atom is 0.250 e. The van der Waals surface area contributed by atoms with E-state index in [0.717, 1.165) is 16.7 Å². The molecule has 0 spiro atoms. The summed E-state index contributed by atoms with van der Waals surface area (Å²) in [6.45, 7) is 3.45. The van der Waals surface area contributed by atoms with Crippen molar-refractivity contribution in [2.24, 2.45) is 7.05 Å². The number of benzene rings is 1. The molecule has 0 fully saturated rings. The van der Waals surface area contributed by atoms with Crippen LogP contribution in [0.4, 0.5) is 5.69 Å². The lowest BCUT2D eigenvalue weighted by Gasteiger charge is -2.11. The Kier molecular flexibility index (Phi) is 4.18. The minimum Gasteiger partial charge on any atom is -0.318 e. The lowest BCUT2D eigenvalue weighted by molar-refractivity contribution is 0.602. The third-order valence-electron chi connectivity index (χ3n) is 3.26. The molecule has 0 saturated carbocycles. The van der Waals surface area contributed by atoms with Crippen LogP contribution in [0.2, 0.25) is 0 Å². The van der Waals surface area contributed by atoms with Gasteiger partial charge in [0.1, 0.15) is 0 Å². The third kappa shape index (κ3) is 3.52. The standard InChI is InChI=1S/C15H18N2O3S/c1-4-21(19,20)16-13-7-5-6-12(9-13)14-10-17(3)15(18)8-11(14)2/h5-10,16H,4H2,1-3H3. The Labute approximate surface area is 124 Å². The molecule has 0 unspecified atom stereocenters. The zero-order chi connectivity index (χ0) is 15.6. The molecule has 0 aliphatic heterocycles. The molecule has 5 nitrogen and oxygen atoms in total. The molecule has 21 heavy (non-hydrogen) atoms. The van der Waals surface area contributed by atoms with Crippen molar-refractivity contribution in [3.8, 4) is 11.1 Å². The number of pyridine rings is 1. The van der Waals surface area contributed by atoms with E-state index in [0.29, 0.717) is 5.69 Å². The molecule has 0 amide bonds. The SMILES string of the molecule is CCS(=O)(=O)Nc1cccc(-c2cn(C)c(=O)cc2C)c1. The van der Waals surface area contributed by atoms with E-state index < -0.39 is 10.0 Å². The van der Waals surface area contributed by atoms with E-state index in [9.17, 15) is 13.2 Å². The van der Waals surface area contributed by atoms with Gasteiger partial charge in [0.25, 0.3) is 5.56 Å². The van der Waals surface area contributed by atoms with Crippen molar-refractivity contribution in [3.05, 3.63) is 52.4 Å². The smallest absolute Gasteiger partial charge is 0.250 e. The molecule has 0 saturated heterocycles. The maximum absolute atomic E-state index is 11.6. The van der Waals surface area contributed by atoms with E-state index in [4.69, 9.17) is 0 Å². The van der Waals surface area contributed by atoms with E-state index in [1.807, 2.05) is 13.0 Å². The van der Waals surface area contributed by atoms with Crippen molar-refractivity contribution in [2.45, 2.75) is 13.8 Å². The highest BCUT2D eigenvalue weighted by molar-refractivity contribution is 7.92. The van der Waals surface area contributed by atoms with Gasteiger partial charge in [-0.05, 0) is 37.1 Å². The summed E-state index contributed by atoms with van der Waals surface area (Å²) in [5.74, 6) is 0.0239. The van der Waals surface area contributed by atoms with Gasteiger partial charge in [-0.1, -0.05) is 12.1 Å². The van der Waals surface area contributed by atoms with Crippen LogP contribution in [0.25, 0.3) is 11.1 Å². The van der Waals surface area contributed by atoms with Gasteiger partial charge in [0.15, 0.2) is 0 Å². The van der Waals surface area contributed by atoms with E-state index in [1.54, 1.807) is 44.4 Å². The first kappa shape index (κ1) is 15.3. The Hall–Kier alpha value is -2.08. The van der Waals surface area contributed by atoms with Crippen LogP contribution in [-0.2, 0) is 17.1 Å². The number of sulfonamides is 1. The van der Waals surface area contributed by atoms with Crippen LogP contribution >= 0.6 is 0 Å². The number of nitrogens with one attached hydrogen (secondary N) is 1. The fourth-order valence-electron chi connectivity index (χ4n) is 2.03. The van der Waals surface area contributed by atoms with Gasteiger partial charge >= 0.3 is 0 Å². The molecule has 112 valence electrons. The predicted octanol–water partition coefficient (Wildman–Crippen LogP) is 2.12. The molecule has 2 rings (SSSR count). The van der Waals surface area contributed by atoms with Crippen molar-refractivity contribution in [1.82, 2.24) is 4.57 Å². The van der Waals surface area contributed by atoms with E-state index in [1.165, 1.54) is 4.57 Å². The normalized spacial score (nSPS) is 11.4. The second-order valence-corrected chi connectivity index (χ2v) is 6.92. The lowest BCUT2D eigenvalue weighted by Crippen LogP contribution is -2.16. The van der Waals surface area contributed by atoms with Gasteiger partial charge in [0, 0.05) is 30.6 Å². The number of aromatic nitrogens is 1. The van der Waals surface area contributed by atoms with Gasteiger partial charge in [0.05, 0.1) is 5.75 Å². The molecule has 1 N–H and O–H groups in total. The highest BCUT2D eigenvalue weighted by atomic mass is 32.2. The summed E-state index contributed by atoms with van der Waals surface area (Å²) in [6, 6.07) is 8.70. The van der Waals surface area contributed by atoms with Crippen LogP contribution in [0.15, 0.2) is 41.3 Å². The summed E-state index contributed by atoms with van der Waals surface area (Å²) in [5.41, 5.74) is 3.06. The van der Waals surface area contributed by atoms with Crippen LogP contribution in [0.3, 0.4) is 0 Å². The highest BCUT2D eigenvalue weighted by Crippen LogP contribution is 2.25. The second kappa shape index (κ2) is 5.73. The van der Waals surface area contributed by atoms with Crippen molar-refractivity contribution in [1.29, 1.82) is 0 Å². The van der Waals surface area contributed by atoms with E-state index >= 15 is 0 Å². The van der Waals surface area contributed by atoms with Gasteiger partial charge in [0.2, 0.25) is 10.0 Å². The van der Waals surface area contributed by atoms with Gasteiger partial charge in [-0.3, -0.25) is 9.52 Å². The Bertz CT molecular complexity index is 823. The Morgan fingerprint density at radius 1 is 1.24 bits per heavy atom. The largest absolute Gasteiger partial charge is 0.318 e. The Balaban J connectivity index is 2.47. The molecule has 1 heterocycles. The summed E-state index contributed by atoms with van der Waals surface area (Å²) < 4.78 is 27.3. The summed E-state index contributed by atoms with van der Waals surface area (Å²) >= 11 is 0. The molecule has 0 atom stereocenters. The Morgan fingerprint density at radius 2 is 1.95 bits per heavy atom. The summed E-state index contributed by atoms with van der Waals surface area (Å²) in [5, 5.41) is 0. The van der Waals surface area contributed by atoms with Crippen LogP contribution in [-0.4, -0.2) is 18.7 Å². The van der Waals surface area contributed by atoms with Crippen molar-refractivity contribution in [3.63, 3.8) is 0 Å². The predicted molar refractivity (Wildman–Crippen MR) is 84.9 cm³/mol. The summed E-state index contributed by atoms with van der Waals surface area (Å²) in [7, 11) is -1.61. The van der Waals surface area contributed by atoms with Crippen molar-refractivity contribution in [2.75, 3.05) is 10.5 Å². The molecule has 0 bridgehead atoms. The topological polar surface area (TPSA) is 68.2 Å². The van der Waals surface area contributed by atoms with Gasteiger partial charge in [-0.25, -0.2) is 8.42 Å². The molecule has 0 aliphatic carbocycles. The van der Waals surface area contributed by atoms with Crippen LogP contribution in [0, 0.1) is 6.92 Å². The fourth-order valence-corrected chi connectivity index (χ4v) is 2.66. The van der Waals surface area contributed by atoms with E-state index in [-0.39, 0.29) is 11.3 Å². The third-order valence-corrected chi connectivity index (χ3v) is 4.57. The highest BCUT2D eigenvalue weighted by Gasteiger charge is 2.09. The number of aryl methyl sites for hydroxylation is 2. The molecular formula is C15H18N2O3S. The fraction of sp³-hybridized carbons (Fsp3) is 0.267. The minimum atomic E-state index is -3.30. The van der Waals surface area contributed by atoms with Crippen molar-refractivity contribution < 1.29 is 8.42 Å². The number of hydrogen-bond acceptors (Lipinski definition) is 3. The number of anilines is 1. The molecular weight excluding hydrogens is 288 g/mol. The summed E-state index contributed by atoms with van der Waals surface area (Å²) in [4.78, 5) is 11.6. The molecule has 1 aromatic heterocycles. The van der Waals surface area contributed by atoms with Gasteiger partial charge in [-0.15, -0.1) is 0 Å². The molecule has 0 aliphatic rings. The number of rotatable bonds is 4. The second-order valence-electron chi connectivity index (χ2n) is 4.91. The first-order valence-corrected chi connectivity index (χ1v) is 8.26. The molecule has 0 radical (unpaired) electrons. The van der Waals surface area contributed by atoms with Crippen LogP contribution in [0.1, 0.15) is 12.5 Å². The van der Waals surface area contributed by atoms with Crippen LogP contribution < -0.4 is 10.3 Å². The number of nitrogens with zero attached hydrogens (tertiary/aromatic N) is 1. The van der Waals surface area contributed by atoms with Gasteiger partial charge in [-0.2, -0.15) is 0 Å². The zero-order valence-electron chi connectivity index (χ0n) is 12.3. The lowest BCUT2D eigenvalue weighted by atomic mass is 10.0. The molecule has 2 aromatic rings. The first-order valence-electron chi connectivity index (χ1n) is 6.60. The molecule has 1 aromatic carbocycles.